The number of hydrogen-bond acceptors (Lipinski definition) is 2. The first-order chi connectivity index (χ1) is 10.8. The molecule has 2 heteroatoms. The molecular weight excluding hydrogens is 272 g/mol. The third kappa shape index (κ3) is 17.7. The molecule has 0 aromatic rings. The topological polar surface area (TPSA) is 37.3 Å². The standard InChI is InChI=1S/C20H39O2/c1-2-3-4-5-6-7-8-9-10-11-12-13-14-15-16-17-20(22)18-19-21/h18,21H,2-17,19H2,1H3. The van der Waals surface area contributed by atoms with Crippen LogP contribution in [0.25, 0.3) is 0 Å². The molecule has 0 aromatic carbocycles. The summed E-state index contributed by atoms with van der Waals surface area (Å²) in [5.74, 6) is 0.0946. The third-order valence-electron chi connectivity index (χ3n) is 4.35. The highest BCUT2D eigenvalue weighted by atomic mass is 16.3. The average molecular weight is 312 g/mol. The van der Waals surface area contributed by atoms with Gasteiger partial charge in [-0.15, -0.1) is 0 Å². The molecule has 0 atom stereocenters. The lowest BCUT2D eigenvalue weighted by atomic mass is 10.0. The van der Waals surface area contributed by atoms with E-state index < -0.39 is 0 Å². The van der Waals surface area contributed by atoms with Gasteiger partial charge in [0.15, 0.2) is 0 Å². The van der Waals surface area contributed by atoms with E-state index in [4.69, 9.17) is 5.11 Å². The van der Waals surface area contributed by atoms with Crippen LogP contribution >= 0.6 is 0 Å². The number of rotatable bonds is 18. The first-order valence-corrected chi connectivity index (χ1v) is 9.78. The van der Waals surface area contributed by atoms with E-state index >= 15 is 0 Å². The van der Waals surface area contributed by atoms with Gasteiger partial charge in [0.2, 0.25) is 0 Å². The molecule has 0 amide bonds. The second-order valence-electron chi connectivity index (χ2n) is 6.55. The summed E-state index contributed by atoms with van der Waals surface area (Å²) in [6, 6.07) is 0. The Morgan fingerprint density at radius 3 is 1.41 bits per heavy atom. The summed E-state index contributed by atoms with van der Waals surface area (Å²) in [6.45, 7) is 2.16. The van der Waals surface area contributed by atoms with E-state index in [9.17, 15) is 4.79 Å². The van der Waals surface area contributed by atoms with Crippen molar-refractivity contribution in [1.82, 2.24) is 0 Å². The van der Waals surface area contributed by atoms with Crippen molar-refractivity contribution in [2.75, 3.05) is 6.61 Å². The van der Waals surface area contributed by atoms with Gasteiger partial charge < -0.3 is 5.11 Å². The smallest absolute Gasteiger partial charge is 0.139 e. The Labute approximate surface area is 139 Å². The van der Waals surface area contributed by atoms with Crippen LogP contribution in [0.5, 0.6) is 0 Å². The molecule has 1 N–H and O–H groups in total. The van der Waals surface area contributed by atoms with Crippen LogP contribution in [0, 0.1) is 6.42 Å². The number of aliphatic hydroxyl groups excluding tert-OH is 1. The van der Waals surface area contributed by atoms with Crippen LogP contribution in [0.4, 0.5) is 0 Å². The lowest BCUT2D eigenvalue weighted by Crippen LogP contribution is -2.01. The van der Waals surface area contributed by atoms with Gasteiger partial charge in [-0.2, -0.15) is 0 Å². The van der Waals surface area contributed by atoms with Gasteiger partial charge in [-0.1, -0.05) is 96.8 Å². The van der Waals surface area contributed by atoms with Crippen molar-refractivity contribution in [1.29, 1.82) is 0 Å². The Morgan fingerprint density at radius 1 is 0.682 bits per heavy atom. The van der Waals surface area contributed by atoms with Crippen molar-refractivity contribution in [3.63, 3.8) is 0 Å². The molecule has 131 valence electrons. The van der Waals surface area contributed by atoms with Crippen molar-refractivity contribution in [2.45, 2.75) is 110 Å². The fraction of sp³-hybridized carbons (Fsp3) is 0.900. The van der Waals surface area contributed by atoms with Gasteiger partial charge in [0, 0.05) is 6.42 Å². The van der Waals surface area contributed by atoms with Crippen molar-refractivity contribution in [2.24, 2.45) is 0 Å². The Kier molecular flexibility index (Phi) is 18.4. The van der Waals surface area contributed by atoms with E-state index in [1.807, 2.05) is 0 Å². The quantitative estimate of drug-likeness (QED) is 0.315. The summed E-state index contributed by atoms with van der Waals surface area (Å²) in [6.07, 6.45) is 22.2. The summed E-state index contributed by atoms with van der Waals surface area (Å²) >= 11 is 0. The Morgan fingerprint density at radius 2 is 1.05 bits per heavy atom. The number of carbonyl (C=O) groups excluding carboxylic acids is 1. The molecule has 0 rings (SSSR count). The highest BCUT2D eigenvalue weighted by molar-refractivity contribution is 5.86. The predicted octanol–water partition coefficient (Wildman–Crippen LogP) is 6.01. The summed E-state index contributed by atoms with van der Waals surface area (Å²) in [4.78, 5) is 11.2. The molecule has 0 aromatic heterocycles. The summed E-state index contributed by atoms with van der Waals surface area (Å²) in [5, 5.41) is 8.59. The Hall–Kier alpha value is -0.370. The molecule has 0 fully saturated rings. The molecule has 0 aliphatic heterocycles. The molecule has 0 saturated carbocycles. The van der Waals surface area contributed by atoms with E-state index in [0.29, 0.717) is 6.42 Å². The zero-order valence-corrected chi connectivity index (χ0v) is 15.0. The van der Waals surface area contributed by atoms with Gasteiger partial charge in [-0.3, -0.25) is 4.79 Å². The van der Waals surface area contributed by atoms with Crippen LogP contribution in [-0.4, -0.2) is 17.5 Å². The molecule has 0 aliphatic carbocycles. The Balaban J connectivity index is 3.01. The fourth-order valence-electron chi connectivity index (χ4n) is 2.87. The average Bonchev–Trinajstić information content (AvgIpc) is 2.51. The first kappa shape index (κ1) is 21.6. The monoisotopic (exact) mass is 311 g/mol. The van der Waals surface area contributed by atoms with Crippen LogP contribution in [0.2, 0.25) is 0 Å². The highest BCUT2D eigenvalue weighted by Gasteiger charge is 2.00. The SMILES string of the molecule is CCCCCCCCCCCCCCCCCC(=O)[CH]CO. The van der Waals surface area contributed by atoms with Gasteiger partial charge in [-0.25, -0.2) is 0 Å². The maximum atomic E-state index is 11.2. The second kappa shape index (κ2) is 18.7. The number of Topliss-reactive ketones (excluding diaryl/α,β-unsaturated/α-hetero) is 1. The molecule has 22 heavy (non-hydrogen) atoms. The highest BCUT2D eigenvalue weighted by Crippen LogP contribution is 2.13. The van der Waals surface area contributed by atoms with Gasteiger partial charge in [0.25, 0.3) is 0 Å². The van der Waals surface area contributed by atoms with E-state index in [-0.39, 0.29) is 12.4 Å². The number of carbonyl (C=O) groups is 1. The molecule has 0 heterocycles. The number of unbranched alkanes of at least 4 members (excludes halogenated alkanes) is 14. The fourth-order valence-corrected chi connectivity index (χ4v) is 2.87. The van der Waals surface area contributed by atoms with Crippen LogP contribution in [0.3, 0.4) is 0 Å². The van der Waals surface area contributed by atoms with Gasteiger partial charge in [-0.05, 0) is 6.42 Å². The number of hydrogen-bond donors (Lipinski definition) is 1. The molecule has 0 saturated heterocycles. The maximum Gasteiger partial charge on any atom is 0.139 e. The van der Waals surface area contributed by atoms with Gasteiger partial charge in [0.1, 0.15) is 5.78 Å². The zero-order chi connectivity index (χ0) is 16.3. The molecule has 0 spiro atoms. The lowest BCUT2D eigenvalue weighted by Gasteiger charge is -2.03. The van der Waals surface area contributed by atoms with Gasteiger partial charge in [0.05, 0.1) is 13.0 Å². The Bertz CT molecular complexity index is 226. The minimum atomic E-state index is -0.114. The summed E-state index contributed by atoms with van der Waals surface area (Å²) < 4.78 is 0. The molecule has 1 radical (unpaired) electrons. The third-order valence-corrected chi connectivity index (χ3v) is 4.35. The minimum absolute atomic E-state index is 0.0946. The summed E-state index contributed by atoms with van der Waals surface area (Å²) in [7, 11) is 0. The number of aliphatic hydroxyl groups is 1. The van der Waals surface area contributed by atoms with Crippen LogP contribution in [-0.2, 0) is 4.79 Å². The zero-order valence-electron chi connectivity index (χ0n) is 15.0. The largest absolute Gasteiger partial charge is 0.396 e. The van der Waals surface area contributed by atoms with E-state index in [2.05, 4.69) is 6.92 Å². The van der Waals surface area contributed by atoms with E-state index in [1.165, 1.54) is 89.9 Å². The molecule has 0 bridgehead atoms. The van der Waals surface area contributed by atoms with Crippen LogP contribution < -0.4 is 0 Å². The van der Waals surface area contributed by atoms with Crippen LogP contribution in [0.1, 0.15) is 110 Å². The van der Waals surface area contributed by atoms with Crippen molar-refractivity contribution >= 4 is 5.78 Å². The number of ketones is 1. The van der Waals surface area contributed by atoms with Gasteiger partial charge >= 0.3 is 0 Å². The second-order valence-corrected chi connectivity index (χ2v) is 6.55. The lowest BCUT2D eigenvalue weighted by molar-refractivity contribution is -0.116. The normalized spacial score (nSPS) is 11.0. The molecular formula is C20H39O2. The molecule has 0 unspecified atom stereocenters. The summed E-state index contributed by atoms with van der Waals surface area (Å²) in [5.41, 5.74) is 0. The van der Waals surface area contributed by atoms with Crippen molar-refractivity contribution < 1.29 is 9.90 Å². The van der Waals surface area contributed by atoms with E-state index in [0.717, 1.165) is 12.8 Å². The predicted molar refractivity (Wildman–Crippen MR) is 95.9 cm³/mol. The first-order valence-electron chi connectivity index (χ1n) is 9.78. The molecule has 2 nitrogen and oxygen atoms in total. The van der Waals surface area contributed by atoms with Crippen molar-refractivity contribution in [3.05, 3.63) is 6.42 Å². The maximum absolute atomic E-state index is 11.2. The van der Waals surface area contributed by atoms with Crippen molar-refractivity contribution in [3.8, 4) is 0 Å². The minimum Gasteiger partial charge on any atom is -0.396 e. The van der Waals surface area contributed by atoms with E-state index in [1.54, 1.807) is 0 Å². The van der Waals surface area contributed by atoms with Crippen LogP contribution in [0.15, 0.2) is 0 Å². The molecule has 0 aliphatic rings.